The first kappa shape index (κ1) is 18.2. The van der Waals surface area contributed by atoms with Crippen LogP contribution in [0.15, 0.2) is 54.1 Å². The number of rotatable bonds is 5. The van der Waals surface area contributed by atoms with Crippen molar-refractivity contribution in [2.45, 2.75) is 15.8 Å². The van der Waals surface area contributed by atoms with E-state index in [9.17, 15) is 30.1 Å². The van der Waals surface area contributed by atoms with E-state index < -0.39 is 37.0 Å². The van der Waals surface area contributed by atoms with Crippen LogP contribution < -0.4 is 0 Å². The molecule has 1 aromatic rings. The third-order valence-corrected chi connectivity index (χ3v) is 4.06. The minimum Gasteiger partial charge on any atom is -0.380 e. The smallest absolute Gasteiger partial charge is 0.380 e. The number of benzene rings is 1. The van der Waals surface area contributed by atoms with E-state index in [0.717, 1.165) is 12.2 Å². The number of Topliss-reactive ketones (excluding diaryl/α,β-unsaturated/α-hetero) is 1. The van der Waals surface area contributed by atoms with Gasteiger partial charge in [0.05, 0.1) is 10.2 Å². The Morgan fingerprint density at radius 2 is 1.62 bits per heavy atom. The summed E-state index contributed by atoms with van der Waals surface area (Å²) in [6.45, 7) is 0. The highest BCUT2D eigenvalue weighted by Gasteiger charge is 2.63. The zero-order chi connectivity index (χ0) is 18.1. The van der Waals surface area contributed by atoms with E-state index in [1.54, 1.807) is 18.2 Å². The lowest BCUT2D eigenvalue weighted by Crippen LogP contribution is -2.51. The molecule has 0 heterocycles. The van der Waals surface area contributed by atoms with Gasteiger partial charge in [0.25, 0.3) is 0 Å². The van der Waals surface area contributed by atoms with E-state index >= 15 is 0 Å². The molecule has 1 unspecified atom stereocenters. The molecule has 0 spiro atoms. The van der Waals surface area contributed by atoms with Crippen LogP contribution in [0.5, 0.6) is 0 Å². The Balaban J connectivity index is 2.57. The second-order valence-electron chi connectivity index (χ2n) is 5.09. The van der Waals surface area contributed by atoms with Crippen molar-refractivity contribution in [1.82, 2.24) is 0 Å². The van der Waals surface area contributed by atoms with Gasteiger partial charge in [-0.3, -0.25) is 25.0 Å². The van der Waals surface area contributed by atoms with E-state index in [2.05, 4.69) is 25.3 Å². The van der Waals surface area contributed by atoms with Crippen LogP contribution in [0, 0.1) is 20.2 Å². The molecule has 1 aromatic carbocycles. The molecule has 0 saturated carbocycles. The van der Waals surface area contributed by atoms with Crippen molar-refractivity contribution in [3.8, 4) is 0 Å². The molecule has 0 saturated heterocycles. The Morgan fingerprint density at radius 1 is 1.08 bits per heavy atom. The Bertz CT molecular complexity index is 746. The third kappa shape index (κ3) is 3.07. The summed E-state index contributed by atoms with van der Waals surface area (Å²) in [5, 5.41) is 33.0. The molecule has 0 aromatic heterocycles. The molecule has 0 bridgehead atoms. The van der Waals surface area contributed by atoms with Gasteiger partial charge in [-0.15, -0.1) is 0 Å². The van der Waals surface area contributed by atoms with Gasteiger partial charge in [0, 0.05) is 0 Å². The van der Waals surface area contributed by atoms with Gasteiger partial charge in [0.15, 0.2) is 5.57 Å². The van der Waals surface area contributed by atoms with Crippen LogP contribution in [-0.2, 0) is 4.79 Å². The Hall–Kier alpha value is -2.17. The SMILES string of the molecule is O=C(C1=CC(S)(S)C=CC1([N+](=O)[O-])[N+](=O)[O-])C(O)c1ccccc1. The van der Waals surface area contributed by atoms with Crippen LogP contribution in [0.25, 0.3) is 0 Å². The number of hydrogen-bond acceptors (Lipinski definition) is 8. The number of carbonyl (C=O) groups is 1. The molecule has 2 rings (SSSR count). The van der Waals surface area contributed by atoms with Gasteiger partial charge < -0.3 is 5.11 Å². The molecule has 1 aliphatic carbocycles. The second-order valence-corrected chi connectivity index (χ2v) is 6.93. The van der Waals surface area contributed by atoms with E-state index in [1.165, 1.54) is 12.1 Å². The van der Waals surface area contributed by atoms with Gasteiger partial charge >= 0.3 is 5.66 Å². The average molecular weight is 368 g/mol. The van der Waals surface area contributed by atoms with Gasteiger partial charge in [-0.25, -0.2) is 0 Å². The highest BCUT2D eigenvalue weighted by atomic mass is 32.2. The van der Waals surface area contributed by atoms with Crippen LogP contribution in [-0.4, -0.2) is 30.5 Å². The van der Waals surface area contributed by atoms with Crippen LogP contribution >= 0.6 is 25.3 Å². The summed E-state index contributed by atoms with van der Waals surface area (Å²) in [6, 6.07) is 7.61. The number of hydrogen-bond donors (Lipinski definition) is 3. The summed E-state index contributed by atoms with van der Waals surface area (Å²) < 4.78 is -1.41. The summed E-state index contributed by atoms with van der Waals surface area (Å²) >= 11 is 8.13. The minimum atomic E-state index is -3.00. The van der Waals surface area contributed by atoms with Crippen molar-refractivity contribution in [3.05, 3.63) is 79.9 Å². The number of thiol groups is 2. The van der Waals surface area contributed by atoms with Crippen molar-refractivity contribution >= 4 is 31.0 Å². The maximum atomic E-state index is 12.6. The summed E-state index contributed by atoms with van der Waals surface area (Å²) in [5.74, 6) is -1.16. The molecule has 24 heavy (non-hydrogen) atoms. The maximum Gasteiger partial charge on any atom is 0.507 e. The van der Waals surface area contributed by atoms with E-state index in [4.69, 9.17) is 0 Å². The zero-order valence-corrected chi connectivity index (χ0v) is 13.8. The number of nitrogens with zero attached hydrogens (tertiary/aromatic N) is 2. The fourth-order valence-corrected chi connectivity index (χ4v) is 2.67. The molecule has 1 atom stereocenters. The third-order valence-electron chi connectivity index (χ3n) is 3.50. The Morgan fingerprint density at radius 3 is 2.12 bits per heavy atom. The number of ketones is 1. The first-order valence-electron chi connectivity index (χ1n) is 6.56. The fraction of sp³-hybridized carbons (Fsp3) is 0.214. The second kappa shape index (κ2) is 6.38. The molecule has 0 amide bonds. The van der Waals surface area contributed by atoms with Crippen LogP contribution in [0.2, 0.25) is 0 Å². The molecule has 126 valence electrons. The highest BCUT2D eigenvalue weighted by molar-refractivity contribution is 8.01. The monoisotopic (exact) mass is 368 g/mol. The topological polar surface area (TPSA) is 124 Å². The molecule has 1 aliphatic rings. The predicted molar refractivity (Wildman–Crippen MR) is 91.1 cm³/mol. The lowest BCUT2D eigenvalue weighted by atomic mass is 9.87. The highest BCUT2D eigenvalue weighted by Crippen LogP contribution is 2.39. The fourth-order valence-electron chi connectivity index (χ4n) is 2.27. The quantitative estimate of drug-likeness (QED) is 0.238. The van der Waals surface area contributed by atoms with Gasteiger partial charge in [0.2, 0.25) is 5.78 Å². The molecule has 8 nitrogen and oxygen atoms in total. The van der Waals surface area contributed by atoms with Crippen molar-refractivity contribution in [1.29, 1.82) is 0 Å². The van der Waals surface area contributed by atoms with Crippen molar-refractivity contribution in [2.24, 2.45) is 0 Å². The van der Waals surface area contributed by atoms with Gasteiger partial charge in [-0.05, 0) is 17.7 Å². The van der Waals surface area contributed by atoms with E-state index in [1.807, 2.05) is 0 Å². The normalized spacial score (nSPS) is 19.2. The Kier molecular flexibility index (Phi) is 4.83. The van der Waals surface area contributed by atoms with E-state index in [0.29, 0.717) is 6.08 Å². The van der Waals surface area contributed by atoms with Gasteiger partial charge in [-0.2, -0.15) is 25.3 Å². The summed E-state index contributed by atoms with van der Waals surface area (Å²) in [4.78, 5) is 33.0. The molecular formula is C14H12N2O6S2. The van der Waals surface area contributed by atoms with Crippen molar-refractivity contribution < 1.29 is 19.7 Å². The number of carbonyl (C=O) groups excluding carboxylic acids is 1. The number of aliphatic hydroxyl groups excluding tert-OH is 1. The first-order chi connectivity index (χ1) is 11.1. The first-order valence-corrected chi connectivity index (χ1v) is 7.46. The van der Waals surface area contributed by atoms with Gasteiger partial charge in [-0.1, -0.05) is 30.3 Å². The maximum absolute atomic E-state index is 12.6. The summed E-state index contributed by atoms with van der Waals surface area (Å²) in [5.41, 5.74) is -3.65. The number of aliphatic hydroxyl groups is 1. The lowest BCUT2D eigenvalue weighted by Gasteiger charge is -2.25. The average Bonchev–Trinajstić information content (AvgIpc) is 2.53. The minimum absolute atomic E-state index is 0.155. The number of nitro groups is 2. The van der Waals surface area contributed by atoms with Crippen LogP contribution in [0.3, 0.4) is 0 Å². The summed E-state index contributed by atoms with van der Waals surface area (Å²) in [7, 11) is 0. The van der Waals surface area contributed by atoms with Crippen molar-refractivity contribution in [3.63, 3.8) is 0 Å². The van der Waals surface area contributed by atoms with E-state index in [-0.39, 0.29) is 5.56 Å². The predicted octanol–water partition coefficient (Wildman–Crippen LogP) is 1.59. The molecule has 0 fully saturated rings. The van der Waals surface area contributed by atoms with Crippen LogP contribution in [0.4, 0.5) is 0 Å². The molecule has 10 heteroatoms. The molecular weight excluding hydrogens is 356 g/mol. The lowest BCUT2D eigenvalue weighted by molar-refractivity contribution is -0.767. The molecule has 1 N–H and O–H groups in total. The standard InChI is InChI=1S/C14H12N2O6S2/c17-11(9-4-2-1-3-5-9)12(18)10-8-13(23,24)6-7-14(10,15(19)20)16(21)22/h1-8,11,17,23-24H. The van der Waals surface area contributed by atoms with Crippen LogP contribution in [0.1, 0.15) is 11.7 Å². The largest absolute Gasteiger partial charge is 0.507 e. The summed E-state index contributed by atoms with van der Waals surface area (Å²) in [6.07, 6.45) is 0.800. The molecule has 0 radical (unpaired) electrons. The van der Waals surface area contributed by atoms with Gasteiger partial charge in [0.1, 0.15) is 16.0 Å². The Labute approximate surface area is 147 Å². The molecule has 0 aliphatic heterocycles. The zero-order valence-electron chi connectivity index (χ0n) is 12.0. The van der Waals surface area contributed by atoms with Crippen molar-refractivity contribution in [2.75, 3.05) is 0 Å².